The Hall–Kier alpha value is -0.840. The van der Waals surface area contributed by atoms with E-state index in [-0.39, 0.29) is 18.5 Å². The number of urea groups is 1. The largest absolute Gasteiger partial charge is 0.326 e. The number of carbonyl (C=O) groups excluding carboxylic acids is 2. The van der Waals surface area contributed by atoms with Gasteiger partial charge in [-0.3, -0.25) is 9.69 Å². The molecule has 1 fully saturated rings. The van der Waals surface area contributed by atoms with E-state index < -0.39 is 6.04 Å². The van der Waals surface area contributed by atoms with Crippen molar-refractivity contribution < 1.29 is 9.59 Å². The molecule has 1 atom stereocenters. The number of rotatable bonds is 2. The van der Waals surface area contributed by atoms with E-state index in [0.29, 0.717) is 4.48 Å². The summed E-state index contributed by atoms with van der Waals surface area (Å²) in [6.45, 7) is 5.44. The van der Waals surface area contributed by atoms with Crippen LogP contribution in [0.3, 0.4) is 0 Å². The Morgan fingerprint density at radius 2 is 2.33 bits per heavy atom. The molecule has 0 aromatic carbocycles. The smallest absolute Gasteiger partial charge is 0.325 e. The average molecular weight is 233 g/mol. The van der Waals surface area contributed by atoms with Gasteiger partial charge in [0.15, 0.2) is 0 Å². The summed E-state index contributed by atoms with van der Waals surface area (Å²) in [5.41, 5.74) is 0. The Labute approximate surface area is 78.7 Å². The van der Waals surface area contributed by atoms with Crippen molar-refractivity contribution in [1.82, 2.24) is 10.2 Å². The maximum atomic E-state index is 11.2. The number of amides is 3. The van der Waals surface area contributed by atoms with Crippen LogP contribution in [0.2, 0.25) is 0 Å². The molecule has 1 N–H and O–H groups in total. The van der Waals surface area contributed by atoms with Crippen LogP contribution in [0.25, 0.3) is 0 Å². The molecule has 1 aliphatic heterocycles. The predicted octanol–water partition coefficient (Wildman–Crippen LogP) is 0.835. The van der Waals surface area contributed by atoms with Crippen molar-refractivity contribution in [3.63, 3.8) is 0 Å². The van der Waals surface area contributed by atoms with E-state index in [1.54, 1.807) is 6.92 Å². The zero-order chi connectivity index (χ0) is 9.30. The van der Waals surface area contributed by atoms with E-state index in [9.17, 15) is 9.59 Å². The quantitative estimate of drug-likeness (QED) is 0.718. The van der Waals surface area contributed by atoms with Crippen molar-refractivity contribution in [2.45, 2.75) is 13.0 Å². The van der Waals surface area contributed by atoms with Crippen LogP contribution in [0.15, 0.2) is 11.1 Å². The summed E-state index contributed by atoms with van der Waals surface area (Å²) in [5, 5.41) is 2.50. The Morgan fingerprint density at radius 3 is 2.67 bits per heavy atom. The van der Waals surface area contributed by atoms with Gasteiger partial charge in [-0.15, -0.1) is 0 Å². The van der Waals surface area contributed by atoms with E-state index in [0.717, 1.165) is 4.90 Å². The van der Waals surface area contributed by atoms with Crippen molar-refractivity contribution >= 4 is 27.9 Å². The first kappa shape index (κ1) is 9.25. The normalized spacial score (nSPS) is 22.8. The molecule has 12 heavy (non-hydrogen) atoms. The molecule has 5 heteroatoms. The monoisotopic (exact) mass is 232 g/mol. The molecule has 0 bridgehead atoms. The van der Waals surface area contributed by atoms with Gasteiger partial charge >= 0.3 is 6.03 Å². The number of imide groups is 1. The van der Waals surface area contributed by atoms with Crippen molar-refractivity contribution in [2.24, 2.45) is 0 Å². The summed E-state index contributed by atoms with van der Waals surface area (Å²) in [4.78, 5) is 23.4. The van der Waals surface area contributed by atoms with Crippen molar-refractivity contribution in [3.8, 4) is 0 Å². The maximum absolute atomic E-state index is 11.2. The van der Waals surface area contributed by atoms with Crippen LogP contribution >= 0.6 is 15.9 Å². The molecule has 1 saturated heterocycles. The lowest BCUT2D eigenvalue weighted by atomic mass is 10.3. The van der Waals surface area contributed by atoms with Gasteiger partial charge in [0.1, 0.15) is 6.04 Å². The lowest BCUT2D eigenvalue weighted by Crippen LogP contribution is -2.32. The van der Waals surface area contributed by atoms with Crippen LogP contribution in [-0.2, 0) is 4.79 Å². The number of nitrogens with zero attached hydrogens (tertiary/aromatic N) is 1. The molecule has 1 aliphatic rings. The van der Waals surface area contributed by atoms with Crippen LogP contribution < -0.4 is 5.32 Å². The fraction of sp³-hybridized carbons (Fsp3) is 0.429. The molecule has 3 amide bonds. The van der Waals surface area contributed by atoms with Crippen LogP contribution in [0.5, 0.6) is 0 Å². The third-order valence-corrected chi connectivity index (χ3v) is 1.80. The van der Waals surface area contributed by atoms with E-state index in [2.05, 4.69) is 27.8 Å². The second-order valence-electron chi connectivity index (χ2n) is 2.61. The van der Waals surface area contributed by atoms with E-state index in [1.807, 2.05) is 0 Å². The molecule has 0 aromatic rings. The summed E-state index contributed by atoms with van der Waals surface area (Å²) in [5.74, 6) is -0.208. The third kappa shape index (κ3) is 1.66. The van der Waals surface area contributed by atoms with E-state index >= 15 is 0 Å². The molecule has 0 radical (unpaired) electrons. The minimum Gasteiger partial charge on any atom is -0.326 e. The van der Waals surface area contributed by atoms with Crippen molar-refractivity contribution in [3.05, 3.63) is 11.1 Å². The molecule has 1 heterocycles. The van der Waals surface area contributed by atoms with Gasteiger partial charge in [-0.05, 0) is 6.92 Å². The minimum absolute atomic E-state index is 0.208. The Kier molecular flexibility index (Phi) is 2.52. The van der Waals surface area contributed by atoms with Crippen LogP contribution in [0.1, 0.15) is 6.92 Å². The SMILES string of the molecule is C=C(Br)CN1C(=O)N[C@@H](C)C1=O. The molecule has 0 unspecified atom stereocenters. The zero-order valence-electron chi connectivity index (χ0n) is 6.63. The summed E-state index contributed by atoms with van der Waals surface area (Å²) in [6.07, 6.45) is 0. The molecule has 66 valence electrons. The molecule has 0 saturated carbocycles. The third-order valence-electron chi connectivity index (χ3n) is 1.55. The average Bonchev–Trinajstić information content (AvgIpc) is 2.16. The standard InChI is InChI=1S/C7H9BrN2O2/c1-4(8)3-10-6(11)5(2)9-7(10)12/h5H,1,3H2,2H3,(H,9,12)/t5-/m0/s1. The highest BCUT2D eigenvalue weighted by Crippen LogP contribution is 2.10. The Bertz CT molecular complexity index is 252. The van der Waals surface area contributed by atoms with Gasteiger partial charge in [-0.25, -0.2) is 4.79 Å². The summed E-state index contributed by atoms with van der Waals surface area (Å²) in [6, 6.07) is -0.766. The van der Waals surface area contributed by atoms with Gasteiger partial charge in [-0.2, -0.15) is 0 Å². The van der Waals surface area contributed by atoms with Crippen molar-refractivity contribution in [1.29, 1.82) is 0 Å². The highest BCUT2D eigenvalue weighted by molar-refractivity contribution is 9.11. The van der Waals surface area contributed by atoms with Crippen LogP contribution in [0.4, 0.5) is 4.79 Å². The van der Waals surface area contributed by atoms with E-state index in [4.69, 9.17) is 0 Å². The summed E-state index contributed by atoms with van der Waals surface area (Å²) < 4.78 is 0.611. The molecular formula is C7H9BrN2O2. The predicted molar refractivity (Wildman–Crippen MR) is 47.8 cm³/mol. The van der Waals surface area contributed by atoms with Gasteiger partial charge < -0.3 is 5.32 Å². The lowest BCUT2D eigenvalue weighted by Gasteiger charge is -2.10. The second-order valence-corrected chi connectivity index (χ2v) is 3.73. The molecule has 1 rings (SSSR count). The van der Waals surface area contributed by atoms with Crippen LogP contribution in [0, 0.1) is 0 Å². The fourth-order valence-corrected chi connectivity index (χ4v) is 1.23. The second kappa shape index (κ2) is 3.26. The molecule has 0 spiro atoms. The minimum atomic E-state index is -0.413. The molecule has 0 aliphatic carbocycles. The first-order valence-corrected chi connectivity index (χ1v) is 4.27. The molecular weight excluding hydrogens is 224 g/mol. The maximum Gasteiger partial charge on any atom is 0.325 e. The number of hydrogen-bond donors (Lipinski definition) is 1. The van der Waals surface area contributed by atoms with Gasteiger partial charge in [0.05, 0.1) is 6.54 Å². The highest BCUT2D eigenvalue weighted by atomic mass is 79.9. The molecule has 4 nitrogen and oxygen atoms in total. The highest BCUT2D eigenvalue weighted by Gasteiger charge is 2.34. The summed E-state index contributed by atoms with van der Waals surface area (Å²) >= 11 is 3.09. The zero-order valence-corrected chi connectivity index (χ0v) is 8.22. The lowest BCUT2D eigenvalue weighted by molar-refractivity contribution is -0.126. The number of halogens is 1. The Balaban J connectivity index is 2.70. The fourth-order valence-electron chi connectivity index (χ4n) is 0.980. The van der Waals surface area contributed by atoms with E-state index in [1.165, 1.54) is 0 Å². The number of nitrogens with one attached hydrogen (secondary N) is 1. The Morgan fingerprint density at radius 1 is 1.75 bits per heavy atom. The van der Waals surface area contributed by atoms with Gasteiger partial charge in [-0.1, -0.05) is 22.5 Å². The van der Waals surface area contributed by atoms with Gasteiger partial charge in [0, 0.05) is 4.48 Å². The number of hydrogen-bond acceptors (Lipinski definition) is 2. The van der Waals surface area contributed by atoms with Gasteiger partial charge in [0.2, 0.25) is 0 Å². The molecule has 0 aromatic heterocycles. The van der Waals surface area contributed by atoms with Crippen molar-refractivity contribution in [2.75, 3.05) is 6.54 Å². The van der Waals surface area contributed by atoms with Crippen LogP contribution in [-0.4, -0.2) is 29.4 Å². The first-order valence-electron chi connectivity index (χ1n) is 3.47. The summed E-state index contributed by atoms with van der Waals surface area (Å²) in [7, 11) is 0. The first-order chi connectivity index (χ1) is 5.52. The number of carbonyl (C=O) groups is 2. The van der Waals surface area contributed by atoms with Gasteiger partial charge in [0.25, 0.3) is 5.91 Å². The topological polar surface area (TPSA) is 49.4 Å².